The first-order chi connectivity index (χ1) is 27.0. The molecule has 2 aromatic rings. The van der Waals surface area contributed by atoms with E-state index >= 15 is 0 Å². The molecule has 1 unspecified atom stereocenters. The van der Waals surface area contributed by atoms with Gasteiger partial charge >= 0.3 is 47.8 Å². The number of esters is 8. The predicted molar refractivity (Wildman–Crippen MR) is 185 cm³/mol. The third-order valence-electron chi connectivity index (χ3n) is 8.06. The van der Waals surface area contributed by atoms with Crippen molar-refractivity contribution in [2.24, 2.45) is 0 Å². The molecule has 0 spiro atoms. The van der Waals surface area contributed by atoms with Crippen LogP contribution < -0.4 is 0 Å². The van der Waals surface area contributed by atoms with Gasteiger partial charge in [-0.15, -0.1) is 0 Å². The molecule has 0 aromatic heterocycles. The van der Waals surface area contributed by atoms with Gasteiger partial charge in [0, 0.05) is 41.5 Å². The summed E-state index contributed by atoms with van der Waals surface area (Å²) in [6, 6.07) is 15.4. The van der Waals surface area contributed by atoms with Gasteiger partial charge in [0.25, 0.3) is 0 Å². The highest BCUT2D eigenvalue weighted by Gasteiger charge is 2.58. The Balaban J connectivity index is 1.86. The van der Waals surface area contributed by atoms with Crippen molar-refractivity contribution in [1.29, 1.82) is 0 Å². The summed E-state index contributed by atoms with van der Waals surface area (Å²) in [4.78, 5) is 101. The van der Waals surface area contributed by atoms with Gasteiger partial charge in [0.05, 0.1) is 11.1 Å². The van der Waals surface area contributed by atoms with Gasteiger partial charge < -0.3 is 52.1 Å². The minimum atomic E-state index is -1.92. The van der Waals surface area contributed by atoms with Gasteiger partial charge in [0.2, 0.25) is 6.29 Å². The third-order valence-corrected chi connectivity index (χ3v) is 8.06. The Morgan fingerprint density at radius 1 is 0.421 bits per heavy atom. The Morgan fingerprint density at radius 3 is 1.32 bits per heavy atom. The topological polar surface area (TPSA) is 238 Å². The van der Waals surface area contributed by atoms with E-state index in [4.69, 9.17) is 52.1 Å². The number of carbonyl (C=O) groups is 8. The maximum Gasteiger partial charge on any atom is 0.338 e. The number of rotatable bonds is 14. The van der Waals surface area contributed by atoms with Gasteiger partial charge in [0.15, 0.2) is 36.8 Å². The molecule has 4 rings (SSSR count). The number of benzene rings is 2. The van der Waals surface area contributed by atoms with Crippen molar-refractivity contribution >= 4 is 47.8 Å². The average Bonchev–Trinajstić information content (AvgIpc) is 3.14. The van der Waals surface area contributed by atoms with Crippen molar-refractivity contribution in [2.45, 2.75) is 103 Å². The number of hydrogen-bond acceptors (Lipinski definition) is 19. The Morgan fingerprint density at radius 2 is 0.825 bits per heavy atom. The zero-order valence-electron chi connectivity index (χ0n) is 31.7. The van der Waals surface area contributed by atoms with Crippen LogP contribution in [-0.2, 0) is 80.9 Å². The zero-order valence-corrected chi connectivity index (χ0v) is 31.7. The molecule has 2 aliphatic rings. The molecular weight excluding hydrogens is 760 g/mol. The minimum Gasteiger partial charge on any atom is -0.463 e. The fraction of sp³-hybridized carbons (Fsp3) is 0.474. The predicted octanol–water partition coefficient (Wildman–Crippen LogP) is 1.76. The molecule has 0 amide bonds. The molecule has 2 aliphatic heterocycles. The first kappa shape index (κ1) is 43.8. The molecule has 19 nitrogen and oxygen atoms in total. The Hall–Kier alpha value is -5.92. The van der Waals surface area contributed by atoms with E-state index in [-0.39, 0.29) is 11.1 Å². The second-order valence-electron chi connectivity index (χ2n) is 12.6. The van der Waals surface area contributed by atoms with Crippen molar-refractivity contribution in [3.8, 4) is 0 Å². The second kappa shape index (κ2) is 20.3. The van der Waals surface area contributed by atoms with Crippen molar-refractivity contribution in [3.05, 3.63) is 71.8 Å². The SMILES string of the molecule is CC(=O)OC[C@H]1O[C@H](O[C@H]2[C@@H](OC(C)=O)[C@@H](COC(=O)c3ccccc3)OC(OC(C)=O)[C@@H]2OC(=O)c2ccccc2)[C@H](OC(C)=O)[C@@H](OC(C)=O)[C@H]1OC(C)=O. The molecule has 10 atom stereocenters. The molecule has 2 heterocycles. The summed E-state index contributed by atoms with van der Waals surface area (Å²) in [5, 5.41) is 0. The molecule has 308 valence electrons. The smallest absolute Gasteiger partial charge is 0.338 e. The van der Waals surface area contributed by atoms with Crippen LogP contribution in [0.4, 0.5) is 0 Å². The summed E-state index contributed by atoms with van der Waals surface area (Å²) in [5.41, 5.74) is 0.168. The van der Waals surface area contributed by atoms with E-state index in [1.54, 1.807) is 36.4 Å². The van der Waals surface area contributed by atoms with Gasteiger partial charge in [-0.25, -0.2) is 9.59 Å². The molecule has 0 bridgehead atoms. The normalized spacial score (nSPS) is 26.7. The maximum atomic E-state index is 13.6. The Kier molecular flexibility index (Phi) is 15.6. The zero-order chi connectivity index (χ0) is 41.8. The van der Waals surface area contributed by atoms with E-state index in [1.807, 2.05) is 0 Å². The van der Waals surface area contributed by atoms with Crippen molar-refractivity contribution in [3.63, 3.8) is 0 Å². The minimum absolute atomic E-state index is 0.0214. The number of ether oxygens (including phenoxy) is 11. The van der Waals surface area contributed by atoms with Crippen LogP contribution in [-0.4, -0.2) is 122 Å². The average molecular weight is 803 g/mol. The Labute approximate surface area is 326 Å². The molecule has 2 fully saturated rings. The standard InChI is InChI=1S/C38H42O19/c1-19(39)47-17-27-29(49-20(2)40)31(51-22(4)42)33(52-23(5)43)38(55-27)57-32-30(50-21(3)41)28(18-48-35(45)25-13-9-7-10-14-25)54-37(53-24(6)44)34(32)56-36(46)26-15-11-8-12-16-26/h7-16,27-34,37-38H,17-18H2,1-6H3/t27-,28-,29+,30+,31+,32+,33-,34-,37?,38-/m1/s1. The third kappa shape index (κ3) is 12.5. The molecule has 0 saturated carbocycles. The summed E-state index contributed by atoms with van der Waals surface area (Å²) in [7, 11) is 0. The van der Waals surface area contributed by atoms with Crippen LogP contribution in [0, 0.1) is 0 Å². The highest BCUT2D eigenvalue weighted by Crippen LogP contribution is 2.36. The quantitative estimate of drug-likeness (QED) is 0.195. The van der Waals surface area contributed by atoms with Crippen LogP contribution >= 0.6 is 0 Å². The fourth-order valence-electron chi connectivity index (χ4n) is 5.92. The van der Waals surface area contributed by atoms with E-state index in [0.29, 0.717) is 0 Å². The largest absolute Gasteiger partial charge is 0.463 e. The van der Waals surface area contributed by atoms with Gasteiger partial charge in [-0.2, -0.15) is 0 Å². The monoisotopic (exact) mass is 802 g/mol. The van der Waals surface area contributed by atoms with E-state index in [2.05, 4.69) is 0 Å². The molecule has 0 aliphatic carbocycles. The van der Waals surface area contributed by atoms with Crippen molar-refractivity contribution in [2.75, 3.05) is 13.2 Å². The summed E-state index contributed by atoms with van der Waals surface area (Å²) in [5.74, 6) is -7.25. The van der Waals surface area contributed by atoms with Crippen LogP contribution in [0.2, 0.25) is 0 Å². The molecule has 2 saturated heterocycles. The van der Waals surface area contributed by atoms with Crippen LogP contribution in [0.1, 0.15) is 62.3 Å². The van der Waals surface area contributed by atoms with E-state index in [0.717, 1.165) is 41.5 Å². The highest BCUT2D eigenvalue weighted by atomic mass is 16.8. The lowest BCUT2D eigenvalue weighted by Crippen LogP contribution is -2.67. The maximum absolute atomic E-state index is 13.6. The lowest BCUT2D eigenvalue weighted by molar-refractivity contribution is -0.357. The first-order valence-corrected chi connectivity index (χ1v) is 17.5. The molecular formula is C38H42O19. The van der Waals surface area contributed by atoms with E-state index < -0.39 is 122 Å². The Bertz CT molecular complexity index is 1760. The fourth-order valence-corrected chi connectivity index (χ4v) is 5.92. The number of carbonyl (C=O) groups excluding carboxylic acids is 8. The summed E-state index contributed by atoms with van der Waals surface area (Å²) in [6.45, 7) is 4.90. The van der Waals surface area contributed by atoms with Crippen molar-refractivity contribution in [1.82, 2.24) is 0 Å². The lowest BCUT2D eigenvalue weighted by Gasteiger charge is -2.48. The van der Waals surface area contributed by atoms with Crippen LogP contribution in [0.25, 0.3) is 0 Å². The molecule has 2 aromatic carbocycles. The molecule has 19 heteroatoms. The van der Waals surface area contributed by atoms with Crippen LogP contribution in [0.3, 0.4) is 0 Å². The van der Waals surface area contributed by atoms with Crippen molar-refractivity contribution < 1.29 is 90.5 Å². The van der Waals surface area contributed by atoms with E-state index in [9.17, 15) is 38.4 Å². The molecule has 0 radical (unpaired) electrons. The van der Waals surface area contributed by atoms with E-state index in [1.165, 1.54) is 24.3 Å². The summed E-state index contributed by atoms with van der Waals surface area (Å²) >= 11 is 0. The molecule has 0 N–H and O–H groups in total. The van der Waals surface area contributed by atoms with Gasteiger partial charge in [0.1, 0.15) is 31.5 Å². The number of hydrogen-bond donors (Lipinski definition) is 0. The summed E-state index contributed by atoms with van der Waals surface area (Å²) in [6.07, 6.45) is -17.2. The second-order valence-corrected chi connectivity index (χ2v) is 12.6. The van der Waals surface area contributed by atoms with Gasteiger partial charge in [-0.1, -0.05) is 36.4 Å². The first-order valence-electron chi connectivity index (χ1n) is 17.5. The van der Waals surface area contributed by atoms with Crippen LogP contribution in [0.5, 0.6) is 0 Å². The lowest BCUT2D eigenvalue weighted by atomic mass is 9.95. The molecule has 57 heavy (non-hydrogen) atoms. The van der Waals surface area contributed by atoms with Gasteiger partial charge in [-0.05, 0) is 24.3 Å². The highest BCUT2D eigenvalue weighted by molar-refractivity contribution is 5.90. The summed E-state index contributed by atoms with van der Waals surface area (Å²) < 4.78 is 62.6. The van der Waals surface area contributed by atoms with Crippen LogP contribution in [0.15, 0.2) is 60.7 Å². The van der Waals surface area contributed by atoms with Gasteiger partial charge in [-0.3, -0.25) is 28.8 Å².